The van der Waals surface area contributed by atoms with Gasteiger partial charge in [0, 0.05) is 31.9 Å². The van der Waals surface area contributed by atoms with Crippen molar-refractivity contribution in [1.82, 2.24) is 15.3 Å². The Morgan fingerprint density at radius 2 is 2.53 bits per heavy atom. The van der Waals surface area contributed by atoms with Crippen molar-refractivity contribution in [3.63, 3.8) is 0 Å². The van der Waals surface area contributed by atoms with Gasteiger partial charge in [-0.05, 0) is 6.42 Å². The summed E-state index contributed by atoms with van der Waals surface area (Å²) in [6.45, 7) is 4.26. The van der Waals surface area contributed by atoms with Gasteiger partial charge in [0.1, 0.15) is 6.04 Å². The Hall–Kier alpha value is -1.89. The first-order valence-electron chi connectivity index (χ1n) is 6.38. The van der Waals surface area contributed by atoms with Crippen LogP contribution in [0.25, 0.3) is 0 Å². The van der Waals surface area contributed by atoms with Crippen LogP contribution in [0.3, 0.4) is 0 Å². The lowest BCUT2D eigenvalue weighted by Crippen LogP contribution is -2.55. The Kier molecular flexibility index (Phi) is 4.51. The third-order valence-electron chi connectivity index (χ3n) is 2.86. The maximum atomic E-state index is 11.2. The highest BCUT2D eigenvalue weighted by molar-refractivity contribution is 5.78. The number of carbonyl (C=O) groups is 1. The van der Waals surface area contributed by atoms with E-state index >= 15 is 0 Å². The number of hydrogen-bond acceptors (Lipinski definition) is 6. The lowest BCUT2D eigenvalue weighted by Gasteiger charge is -2.33. The molecular weight excluding hydrogens is 248 g/mol. The van der Waals surface area contributed by atoms with Crippen molar-refractivity contribution < 1.29 is 14.6 Å². The molecule has 1 aromatic heterocycles. The molecule has 0 radical (unpaired) electrons. The molecule has 2 rings (SSSR count). The smallest absolute Gasteiger partial charge is 0.327 e. The molecule has 19 heavy (non-hydrogen) atoms. The molecule has 0 bridgehead atoms. The van der Waals surface area contributed by atoms with Crippen LogP contribution in [0.2, 0.25) is 0 Å². The fourth-order valence-electron chi connectivity index (χ4n) is 1.92. The van der Waals surface area contributed by atoms with Gasteiger partial charge in [-0.1, -0.05) is 6.92 Å². The van der Waals surface area contributed by atoms with Crippen LogP contribution in [0.4, 0.5) is 5.95 Å². The van der Waals surface area contributed by atoms with Gasteiger partial charge in [-0.2, -0.15) is 4.98 Å². The summed E-state index contributed by atoms with van der Waals surface area (Å²) in [5.74, 6) is 0.00713. The molecule has 1 aromatic rings. The lowest BCUT2D eigenvalue weighted by molar-refractivity contribution is -0.138. The van der Waals surface area contributed by atoms with Gasteiger partial charge in [-0.25, -0.2) is 9.78 Å². The van der Waals surface area contributed by atoms with Crippen LogP contribution in [0, 0.1) is 0 Å². The van der Waals surface area contributed by atoms with E-state index in [1.54, 1.807) is 17.2 Å². The molecule has 0 amide bonds. The summed E-state index contributed by atoms with van der Waals surface area (Å²) in [5, 5.41) is 12.3. The summed E-state index contributed by atoms with van der Waals surface area (Å²) in [6, 6.07) is 1.03. The Bertz CT molecular complexity index is 441. The molecule has 0 saturated carbocycles. The van der Waals surface area contributed by atoms with Crippen LogP contribution >= 0.6 is 0 Å². The van der Waals surface area contributed by atoms with Crippen LogP contribution in [-0.4, -0.2) is 53.3 Å². The van der Waals surface area contributed by atoms with Crippen molar-refractivity contribution in [1.29, 1.82) is 0 Å². The van der Waals surface area contributed by atoms with Gasteiger partial charge < -0.3 is 20.1 Å². The van der Waals surface area contributed by atoms with Gasteiger partial charge in [0.15, 0.2) is 0 Å². The summed E-state index contributed by atoms with van der Waals surface area (Å²) in [7, 11) is 0. The molecule has 2 heterocycles. The number of nitrogens with one attached hydrogen (secondary N) is 1. The van der Waals surface area contributed by atoms with Gasteiger partial charge in [-0.15, -0.1) is 0 Å². The number of anilines is 1. The van der Waals surface area contributed by atoms with E-state index in [1.165, 1.54) is 0 Å². The largest absolute Gasteiger partial charge is 0.480 e. The number of carboxylic acids is 1. The number of piperazine rings is 1. The van der Waals surface area contributed by atoms with Crippen molar-refractivity contribution in [2.24, 2.45) is 0 Å². The number of aliphatic carboxylic acids is 1. The fourth-order valence-corrected chi connectivity index (χ4v) is 1.92. The zero-order valence-corrected chi connectivity index (χ0v) is 10.9. The van der Waals surface area contributed by atoms with Gasteiger partial charge in [0.2, 0.25) is 11.8 Å². The van der Waals surface area contributed by atoms with Crippen LogP contribution in [0.15, 0.2) is 12.3 Å². The van der Waals surface area contributed by atoms with Crippen molar-refractivity contribution in [3.8, 4) is 5.88 Å². The zero-order valence-electron chi connectivity index (χ0n) is 10.9. The maximum Gasteiger partial charge on any atom is 0.327 e. The molecule has 7 nitrogen and oxygen atoms in total. The third-order valence-corrected chi connectivity index (χ3v) is 2.86. The topological polar surface area (TPSA) is 87.6 Å². The Balaban J connectivity index is 2.16. The molecule has 1 atom stereocenters. The second-order valence-corrected chi connectivity index (χ2v) is 4.29. The second-order valence-electron chi connectivity index (χ2n) is 4.29. The summed E-state index contributed by atoms with van der Waals surface area (Å²) in [4.78, 5) is 21.3. The third kappa shape index (κ3) is 3.31. The molecule has 104 valence electrons. The van der Waals surface area contributed by atoms with E-state index in [-0.39, 0.29) is 0 Å². The fraction of sp³-hybridized carbons (Fsp3) is 0.583. The van der Waals surface area contributed by atoms with Crippen molar-refractivity contribution in [3.05, 3.63) is 12.3 Å². The van der Waals surface area contributed by atoms with E-state index in [0.29, 0.717) is 38.1 Å². The Labute approximate surface area is 111 Å². The first-order chi connectivity index (χ1) is 9.22. The average Bonchev–Trinajstić information content (AvgIpc) is 2.45. The molecule has 1 unspecified atom stereocenters. The highest BCUT2D eigenvalue weighted by Crippen LogP contribution is 2.16. The predicted octanol–water partition coefficient (Wildman–Crippen LogP) is 0.128. The molecule has 7 heteroatoms. The molecule has 2 N–H and O–H groups in total. The molecule has 1 aliphatic heterocycles. The van der Waals surface area contributed by atoms with E-state index < -0.39 is 12.0 Å². The molecule has 1 aliphatic rings. The molecule has 0 aromatic carbocycles. The Morgan fingerprint density at radius 3 is 3.26 bits per heavy atom. The van der Waals surface area contributed by atoms with Gasteiger partial charge in [-0.3, -0.25) is 0 Å². The van der Waals surface area contributed by atoms with Crippen LogP contribution in [-0.2, 0) is 4.79 Å². The summed E-state index contributed by atoms with van der Waals surface area (Å²) < 4.78 is 5.44. The highest BCUT2D eigenvalue weighted by Gasteiger charge is 2.30. The molecule has 0 spiro atoms. The number of rotatable bonds is 5. The van der Waals surface area contributed by atoms with E-state index in [1.807, 2.05) is 6.92 Å². The van der Waals surface area contributed by atoms with Crippen LogP contribution < -0.4 is 15.0 Å². The summed E-state index contributed by atoms with van der Waals surface area (Å²) >= 11 is 0. The maximum absolute atomic E-state index is 11.2. The number of carboxylic acid groups (broad SMARTS) is 1. The quantitative estimate of drug-likeness (QED) is 0.783. The molecular formula is C12H18N4O3. The second kappa shape index (κ2) is 6.33. The predicted molar refractivity (Wildman–Crippen MR) is 69.5 cm³/mol. The Morgan fingerprint density at radius 1 is 1.68 bits per heavy atom. The summed E-state index contributed by atoms with van der Waals surface area (Å²) in [5.41, 5.74) is 0. The van der Waals surface area contributed by atoms with E-state index in [9.17, 15) is 9.90 Å². The molecule has 0 aliphatic carbocycles. The standard InChI is InChI=1S/C12H18N4O3/c1-2-7-19-10-3-4-14-12(15-10)16-6-5-13-8-9(16)11(17)18/h3-4,9,13H,2,5-8H2,1H3,(H,17,18). The molecule has 1 saturated heterocycles. The van der Waals surface area contributed by atoms with Crippen molar-refractivity contribution >= 4 is 11.9 Å². The average molecular weight is 266 g/mol. The highest BCUT2D eigenvalue weighted by atomic mass is 16.5. The van der Waals surface area contributed by atoms with Crippen molar-refractivity contribution in [2.75, 3.05) is 31.1 Å². The van der Waals surface area contributed by atoms with Gasteiger partial charge in [0.25, 0.3) is 0 Å². The number of hydrogen-bond donors (Lipinski definition) is 2. The van der Waals surface area contributed by atoms with E-state index in [4.69, 9.17) is 4.74 Å². The minimum atomic E-state index is -0.879. The van der Waals surface area contributed by atoms with Crippen molar-refractivity contribution in [2.45, 2.75) is 19.4 Å². The van der Waals surface area contributed by atoms with Gasteiger partial charge in [0.05, 0.1) is 6.61 Å². The lowest BCUT2D eigenvalue weighted by atomic mass is 10.2. The number of aromatic nitrogens is 2. The van der Waals surface area contributed by atoms with Crippen LogP contribution in [0.5, 0.6) is 5.88 Å². The minimum absolute atomic E-state index is 0.388. The first-order valence-corrected chi connectivity index (χ1v) is 6.38. The SMILES string of the molecule is CCCOc1ccnc(N2CCNCC2C(=O)O)n1. The number of nitrogens with zero attached hydrogens (tertiary/aromatic N) is 3. The van der Waals surface area contributed by atoms with Crippen LogP contribution in [0.1, 0.15) is 13.3 Å². The number of ether oxygens (including phenoxy) is 1. The molecule has 1 fully saturated rings. The normalized spacial score (nSPS) is 19.2. The zero-order chi connectivity index (χ0) is 13.7. The monoisotopic (exact) mass is 266 g/mol. The van der Waals surface area contributed by atoms with Gasteiger partial charge >= 0.3 is 5.97 Å². The summed E-state index contributed by atoms with van der Waals surface area (Å²) in [6.07, 6.45) is 2.49. The minimum Gasteiger partial charge on any atom is -0.480 e. The first kappa shape index (κ1) is 13.5. The van der Waals surface area contributed by atoms with E-state index in [2.05, 4.69) is 15.3 Å². The van der Waals surface area contributed by atoms with E-state index in [0.717, 1.165) is 6.42 Å².